The molecule has 0 aromatic rings. The highest BCUT2D eigenvalue weighted by molar-refractivity contribution is 5.69. The summed E-state index contributed by atoms with van der Waals surface area (Å²) >= 11 is 0. The number of fused-ring (bicyclic) bond motifs is 2. The third-order valence-electron chi connectivity index (χ3n) is 6.94. The summed E-state index contributed by atoms with van der Waals surface area (Å²) < 4.78 is 5.73. The Bertz CT molecular complexity index is 379. The van der Waals surface area contributed by atoms with Crippen LogP contribution in [0.25, 0.3) is 0 Å². The first kappa shape index (κ1) is 22.8. The summed E-state index contributed by atoms with van der Waals surface area (Å²) in [6.07, 6.45) is 26.5. The van der Waals surface area contributed by atoms with Gasteiger partial charge in [0.05, 0.1) is 0 Å². The molecular formula is C25H46O2. The second-order valence-electron chi connectivity index (χ2n) is 9.40. The van der Waals surface area contributed by atoms with Crippen molar-refractivity contribution in [1.82, 2.24) is 0 Å². The van der Waals surface area contributed by atoms with Crippen LogP contribution >= 0.6 is 0 Å². The normalized spacial score (nSPS) is 23.8. The van der Waals surface area contributed by atoms with Gasteiger partial charge in [-0.2, -0.15) is 0 Å². The van der Waals surface area contributed by atoms with Crippen molar-refractivity contribution in [2.24, 2.45) is 11.8 Å². The molecular weight excluding hydrogens is 332 g/mol. The van der Waals surface area contributed by atoms with E-state index in [2.05, 4.69) is 6.92 Å². The predicted molar refractivity (Wildman–Crippen MR) is 115 cm³/mol. The number of rotatable bonds is 17. The zero-order valence-electron chi connectivity index (χ0n) is 18.2. The summed E-state index contributed by atoms with van der Waals surface area (Å²) in [6.45, 7) is 2.29. The van der Waals surface area contributed by atoms with Crippen molar-refractivity contribution in [2.45, 2.75) is 141 Å². The molecule has 2 heteroatoms. The Morgan fingerprint density at radius 2 is 1.22 bits per heavy atom. The van der Waals surface area contributed by atoms with E-state index in [1.165, 1.54) is 109 Å². The molecule has 0 saturated heterocycles. The smallest absolute Gasteiger partial charge is 0.306 e. The molecule has 0 aromatic carbocycles. The molecule has 0 aromatic heterocycles. The van der Waals surface area contributed by atoms with Crippen LogP contribution in [0.4, 0.5) is 0 Å². The van der Waals surface area contributed by atoms with Gasteiger partial charge in [-0.15, -0.1) is 0 Å². The summed E-state index contributed by atoms with van der Waals surface area (Å²) in [4.78, 5) is 12.0. The number of esters is 1. The maximum atomic E-state index is 12.0. The largest absolute Gasteiger partial charge is 0.462 e. The van der Waals surface area contributed by atoms with Crippen LogP contribution in [-0.4, -0.2) is 12.1 Å². The Morgan fingerprint density at radius 3 is 1.67 bits per heavy atom. The van der Waals surface area contributed by atoms with Gasteiger partial charge in [0.2, 0.25) is 0 Å². The van der Waals surface area contributed by atoms with Gasteiger partial charge in [-0.05, 0) is 43.9 Å². The maximum absolute atomic E-state index is 12.0. The standard InChI is InChI=1S/C25H46O2/c1-2-3-4-5-6-7-8-9-10-11-12-13-14-15-16-17-25(26)27-24-21-22-18-19-23(24)20-22/h22-24H,2-21H2,1H3. The Kier molecular flexibility index (Phi) is 12.2. The van der Waals surface area contributed by atoms with E-state index >= 15 is 0 Å². The van der Waals surface area contributed by atoms with Crippen molar-refractivity contribution in [3.8, 4) is 0 Å². The summed E-state index contributed by atoms with van der Waals surface area (Å²) in [5, 5.41) is 0. The van der Waals surface area contributed by atoms with Gasteiger partial charge in [0.25, 0.3) is 0 Å². The summed E-state index contributed by atoms with van der Waals surface area (Å²) in [5.41, 5.74) is 0. The molecule has 0 heterocycles. The minimum atomic E-state index is 0.0715. The molecule has 0 radical (unpaired) electrons. The van der Waals surface area contributed by atoms with Gasteiger partial charge in [0.1, 0.15) is 6.10 Å². The number of hydrogen-bond donors (Lipinski definition) is 0. The molecule has 0 amide bonds. The summed E-state index contributed by atoms with van der Waals surface area (Å²) in [6, 6.07) is 0. The molecule has 158 valence electrons. The van der Waals surface area contributed by atoms with Gasteiger partial charge >= 0.3 is 5.97 Å². The molecule has 2 nitrogen and oxygen atoms in total. The van der Waals surface area contributed by atoms with E-state index in [-0.39, 0.29) is 12.1 Å². The van der Waals surface area contributed by atoms with Crippen LogP contribution in [0.3, 0.4) is 0 Å². The molecule has 2 bridgehead atoms. The average molecular weight is 379 g/mol. The topological polar surface area (TPSA) is 26.3 Å². The van der Waals surface area contributed by atoms with Crippen molar-refractivity contribution < 1.29 is 9.53 Å². The monoisotopic (exact) mass is 378 g/mol. The lowest BCUT2D eigenvalue weighted by atomic mass is 9.98. The van der Waals surface area contributed by atoms with Crippen molar-refractivity contribution in [2.75, 3.05) is 0 Å². The van der Waals surface area contributed by atoms with Gasteiger partial charge < -0.3 is 4.74 Å². The SMILES string of the molecule is CCCCCCCCCCCCCCCCCC(=O)OC1CC2CCC1C2. The Morgan fingerprint density at radius 1 is 0.704 bits per heavy atom. The van der Waals surface area contributed by atoms with Gasteiger partial charge in [-0.25, -0.2) is 0 Å². The van der Waals surface area contributed by atoms with E-state index in [0.29, 0.717) is 12.3 Å². The molecule has 2 aliphatic carbocycles. The highest BCUT2D eigenvalue weighted by Gasteiger charge is 2.41. The average Bonchev–Trinajstić information content (AvgIpc) is 3.28. The fourth-order valence-electron chi connectivity index (χ4n) is 5.20. The van der Waals surface area contributed by atoms with Crippen molar-refractivity contribution in [3.05, 3.63) is 0 Å². The third kappa shape index (κ3) is 9.99. The first-order chi connectivity index (χ1) is 13.3. The lowest BCUT2D eigenvalue weighted by molar-refractivity contribution is -0.151. The summed E-state index contributed by atoms with van der Waals surface area (Å²) in [7, 11) is 0. The Balaban J connectivity index is 1.27. The number of ether oxygens (including phenoxy) is 1. The number of carbonyl (C=O) groups is 1. The maximum Gasteiger partial charge on any atom is 0.306 e. The first-order valence-electron chi connectivity index (χ1n) is 12.5. The van der Waals surface area contributed by atoms with E-state index < -0.39 is 0 Å². The molecule has 0 spiro atoms. The van der Waals surface area contributed by atoms with Crippen LogP contribution in [0.5, 0.6) is 0 Å². The van der Waals surface area contributed by atoms with Crippen LogP contribution in [0.2, 0.25) is 0 Å². The van der Waals surface area contributed by atoms with E-state index in [4.69, 9.17) is 4.74 Å². The number of carbonyl (C=O) groups excluding carboxylic acids is 1. The Hall–Kier alpha value is -0.530. The second kappa shape index (κ2) is 14.5. The summed E-state index contributed by atoms with van der Waals surface area (Å²) in [5.74, 6) is 1.63. The third-order valence-corrected chi connectivity index (χ3v) is 6.94. The van der Waals surface area contributed by atoms with E-state index in [1.807, 2.05) is 0 Å². The number of hydrogen-bond acceptors (Lipinski definition) is 2. The highest BCUT2D eigenvalue weighted by Crippen LogP contribution is 2.45. The van der Waals surface area contributed by atoms with Crippen molar-refractivity contribution >= 4 is 5.97 Å². The molecule has 2 fully saturated rings. The van der Waals surface area contributed by atoms with E-state index in [0.717, 1.165) is 18.8 Å². The molecule has 27 heavy (non-hydrogen) atoms. The van der Waals surface area contributed by atoms with Crippen LogP contribution in [0.1, 0.15) is 135 Å². The zero-order valence-corrected chi connectivity index (χ0v) is 18.2. The van der Waals surface area contributed by atoms with Crippen LogP contribution in [0.15, 0.2) is 0 Å². The quantitative estimate of drug-likeness (QED) is 0.189. The first-order valence-corrected chi connectivity index (χ1v) is 12.5. The molecule has 0 N–H and O–H groups in total. The van der Waals surface area contributed by atoms with Crippen LogP contribution in [-0.2, 0) is 9.53 Å². The number of unbranched alkanes of at least 4 members (excludes halogenated alkanes) is 14. The van der Waals surface area contributed by atoms with Gasteiger partial charge in [-0.1, -0.05) is 96.8 Å². The van der Waals surface area contributed by atoms with Crippen molar-refractivity contribution in [3.63, 3.8) is 0 Å². The van der Waals surface area contributed by atoms with Crippen LogP contribution in [0, 0.1) is 11.8 Å². The van der Waals surface area contributed by atoms with Gasteiger partial charge in [0.15, 0.2) is 0 Å². The minimum absolute atomic E-state index is 0.0715. The van der Waals surface area contributed by atoms with Gasteiger partial charge in [0, 0.05) is 6.42 Å². The molecule has 2 aliphatic rings. The van der Waals surface area contributed by atoms with E-state index in [9.17, 15) is 4.79 Å². The molecule has 0 aliphatic heterocycles. The zero-order chi connectivity index (χ0) is 19.2. The van der Waals surface area contributed by atoms with Crippen LogP contribution < -0.4 is 0 Å². The second-order valence-corrected chi connectivity index (χ2v) is 9.40. The molecule has 3 atom stereocenters. The van der Waals surface area contributed by atoms with Gasteiger partial charge in [-0.3, -0.25) is 4.79 Å². The Labute approximate surface area is 169 Å². The fraction of sp³-hybridized carbons (Fsp3) is 0.960. The van der Waals surface area contributed by atoms with Crippen molar-refractivity contribution in [1.29, 1.82) is 0 Å². The fourth-order valence-corrected chi connectivity index (χ4v) is 5.20. The predicted octanol–water partition coefficient (Wildman–Crippen LogP) is 7.98. The lowest BCUT2D eigenvalue weighted by Crippen LogP contribution is -2.23. The molecule has 3 unspecified atom stereocenters. The molecule has 2 saturated carbocycles. The highest BCUT2D eigenvalue weighted by atomic mass is 16.5. The minimum Gasteiger partial charge on any atom is -0.462 e. The molecule has 2 rings (SSSR count). The lowest BCUT2D eigenvalue weighted by Gasteiger charge is -2.21. The van der Waals surface area contributed by atoms with E-state index in [1.54, 1.807) is 0 Å².